The third kappa shape index (κ3) is 2.83. The van der Waals surface area contributed by atoms with Gasteiger partial charge in [-0.2, -0.15) is 5.10 Å². The number of hydrogen-bond acceptors (Lipinski definition) is 3. The molecule has 1 aliphatic heterocycles. The molecule has 1 amide bonds. The molecule has 0 N–H and O–H groups in total. The summed E-state index contributed by atoms with van der Waals surface area (Å²) in [5.74, 6) is 0.712. The van der Waals surface area contributed by atoms with E-state index in [0.29, 0.717) is 10.7 Å². The molecule has 2 aromatic rings. The van der Waals surface area contributed by atoms with Gasteiger partial charge in [0.2, 0.25) is 0 Å². The first-order valence-electron chi connectivity index (χ1n) is 6.89. The van der Waals surface area contributed by atoms with Crippen LogP contribution in [-0.2, 0) is 4.79 Å². The lowest BCUT2D eigenvalue weighted by Crippen LogP contribution is -2.19. The van der Waals surface area contributed by atoms with Gasteiger partial charge in [0.1, 0.15) is 5.75 Å². The van der Waals surface area contributed by atoms with Crippen molar-refractivity contribution in [1.82, 2.24) is 0 Å². The summed E-state index contributed by atoms with van der Waals surface area (Å²) in [4.78, 5) is 12.2. The van der Waals surface area contributed by atoms with Crippen LogP contribution in [0.4, 0.5) is 5.69 Å². The van der Waals surface area contributed by atoms with Crippen LogP contribution in [0.1, 0.15) is 17.5 Å². The average molecular weight is 315 g/mol. The molecular weight excluding hydrogens is 300 g/mol. The molecule has 1 heterocycles. The van der Waals surface area contributed by atoms with Crippen molar-refractivity contribution < 1.29 is 9.53 Å². The number of rotatable bonds is 3. The van der Waals surface area contributed by atoms with Gasteiger partial charge in [0, 0.05) is 5.02 Å². The molecule has 0 bridgehead atoms. The highest BCUT2D eigenvalue weighted by Gasteiger charge is 2.26. The summed E-state index contributed by atoms with van der Waals surface area (Å²) in [6.45, 7) is 1.93. The van der Waals surface area contributed by atoms with Gasteiger partial charge in [-0.25, -0.2) is 5.01 Å². The topological polar surface area (TPSA) is 41.9 Å². The monoisotopic (exact) mass is 314 g/mol. The van der Waals surface area contributed by atoms with Gasteiger partial charge in [0.15, 0.2) is 0 Å². The summed E-state index contributed by atoms with van der Waals surface area (Å²) in [5, 5.41) is 6.46. The van der Waals surface area contributed by atoms with Gasteiger partial charge in [-0.05, 0) is 60.5 Å². The van der Waals surface area contributed by atoms with E-state index in [-0.39, 0.29) is 12.3 Å². The van der Waals surface area contributed by atoms with Crippen molar-refractivity contribution in [2.45, 2.75) is 13.3 Å². The molecule has 0 saturated carbocycles. The molecule has 4 nitrogen and oxygen atoms in total. The second-order valence-corrected chi connectivity index (χ2v) is 5.58. The number of aryl methyl sites for hydroxylation is 1. The molecule has 0 fully saturated rings. The number of methoxy groups -OCH3 is 1. The summed E-state index contributed by atoms with van der Waals surface area (Å²) in [6, 6.07) is 13.0. The smallest absolute Gasteiger partial charge is 0.253 e. The van der Waals surface area contributed by atoms with E-state index in [4.69, 9.17) is 16.3 Å². The molecule has 0 saturated heterocycles. The van der Waals surface area contributed by atoms with Crippen molar-refractivity contribution in [2.75, 3.05) is 12.1 Å². The average Bonchev–Trinajstić information content (AvgIpc) is 2.88. The number of nitrogens with zero attached hydrogens (tertiary/aromatic N) is 2. The van der Waals surface area contributed by atoms with Gasteiger partial charge in [-0.15, -0.1) is 0 Å². The second-order valence-electron chi connectivity index (χ2n) is 5.14. The second kappa shape index (κ2) is 5.81. The molecule has 112 valence electrons. The maximum atomic E-state index is 12.2. The number of hydrogen-bond donors (Lipinski definition) is 0. The first-order valence-corrected chi connectivity index (χ1v) is 7.26. The number of anilines is 1. The minimum absolute atomic E-state index is 0.0625. The van der Waals surface area contributed by atoms with Gasteiger partial charge in [0.25, 0.3) is 5.91 Å². The fourth-order valence-corrected chi connectivity index (χ4v) is 2.70. The van der Waals surface area contributed by atoms with Crippen LogP contribution in [0.2, 0.25) is 5.02 Å². The van der Waals surface area contributed by atoms with Crippen molar-refractivity contribution >= 4 is 28.9 Å². The predicted molar refractivity (Wildman–Crippen MR) is 87.8 cm³/mol. The Morgan fingerprint density at radius 3 is 2.55 bits per heavy atom. The Morgan fingerprint density at radius 2 is 1.91 bits per heavy atom. The summed E-state index contributed by atoms with van der Waals surface area (Å²) < 4.78 is 5.14. The predicted octanol–water partition coefficient (Wildman–Crippen LogP) is 3.80. The lowest BCUT2D eigenvalue weighted by Gasteiger charge is -2.12. The molecule has 0 spiro atoms. The normalized spacial score (nSPS) is 14.2. The first-order chi connectivity index (χ1) is 10.6. The van der Waals surface area contributed by atoms with Crippen molar-refractivity contribution in [3.63, 3.8) is 0 Å². The Hall–Kier alpha value is -2.33. The van der Waals surface area contributed by atoms with Gasteiger partial charge < -0.3 is 4.74 Å². The molecule has 0 aromatic heterocycles. The molecule has 3 rings (SSSR count). The fourth-order valence-electron chi connectivity index (χ4n) is 2.41. The van der Waals surface area contributed by atoms with Crippen molar-refractivity contribution in [3.05, 3.63) is 58.6 Å². The number of carbonyl (C=O) groups excluding carboxylic acids is 1. The molecular formula is C17H15ClN2O2. The zero-order valence-corrected chi connectivity index (χ0v) is 13.1. The number of hydrazone groups is 1. The van der Waals surface area contributed by atoms with Crippen LogP contribution >= 0.6 is 11.6 Å². The molecule has 0 aliphatic carbocycles. The van der Waals surface area contributed by atoms with Gasteiger partial charge in [0.05, 0.1) is 24.9 Å². The van der Waals surface area contributed by atoms with Gasteiger partial charge in [-0.1, -0.05) is 11.6 Å². The Bertz CT molecular complexity index is 734. The Balaban J connectivity index is 1.93. The van der Waals surface area contributed by atoms with Crippen LogP contribution < -0.4 is 9.75 Å². The molecule has 0 unspecified atom stereocenters. The number of amides is 1. The molecule has 22 heavy (non-hydrogen) atoms. The fraction of sp³-hybridized carbons (Fsp3) is 0.176. The van der Waals surface area contributed by atoms with Gasteiger partial charge in [-0.3, -0.25) is 4.79 Å². The summed E-state index contributed by atoms with van der Waals surface area (Å²) in [6.07, 6.45) is 0.276. The van der Waals surface area contributed by atoms with E-state index in [1.165, 1.54) is 5.01 Å². The van der Waals surface area contributed by atoms with E-state index in [2.05, 4.69) is 5.10 Å². The zero-order chi connectivity index (χ0) is 15.7. The van der Waals surface area contributed by atoms with Crippen LogP contribution in [0.5, 0.6) is 5.75 Å². The highest BCUT2D eigenvalue weighted by atomic mass is 35.5. The molecule has 1 aliphatic rings. The Labute approximate surface area is 134 Å². The highest BCUT2D eigenvalue weighted by Crippen LogP contribution is 2.27. The molecule has 2 aromatic carbocycles. The molecule has 0 radical (unpaired) electrons. The van der Waals surface area contributed by atoms with E-state index in [1.807, 2.05) is 43.3 Å². The van der Waals surface area contributed by atoms with Crippen LogP contribution in [0.3, 0.4) is 0 Å². The third-order valence-electron chi connectivity index (χ3n) is 3.47. The minimum Gasteiger partial charge on any atom is -0.497 e. The van der Waals surface area contributed by atoms with E-state index < -0.39 is 0 Å². The van der Waals surface area contributed by atoms with E-state index in [0.717, 1.165) is 22.6 Å². The van der Waals surface area contributed by atoms with Crippen molar-refractivity contribution in [3.8, 4) is 5.75 Å². The summed E-state index contributed by atoms with van der Waals surface area (Å²) >= 11 is 6.06. The summed E-state index contributed by atoms with van der Waals surface area (Å²) in [7, 11) is 1.62. The number of benzene rings is 2. The molecule has 5 heteroatoms. The zero-order valence-electron chi connectivity index (χ0n) is 12.3. The van der Waals surface area contributed by atoms with Crippen LogP contribution in [0.15, 0.2) is 47.6 Å². The van der Waals surface area contributed by atoms with Crippen LogP contribution in [-0.4, -0.2) is 18.7 Å². The highest BCUT2D eigenvalue weighted by molar-refractivity contribution is 6.31. The maximum Gasteiger partial charge on any atom is 0.253 e. The largest absolute Gasteiger partial charge is 0.497 e. The quantitative estimate of drug-likeness (QED) is 0.864. The lowest BCUT2D eigenvalue weighted by molar-refractivity contribution is -0.116. The van der Waals surface area contributed by atoms with E-state index >= 15 is 0 Å². The minimum atomic E-state index is -0.0625. The van der Waals surface area contributed by atoms with Crippen LogP contribution in [0.25, 0.3) is 0 Å². The number of carbonyl (C=O) groups is 1. The molecule has 0 atom stereocenters. The Morgan fingerprint density at radius 1 is 1.18 bits per heavy atom. The third-order valence-corrected chi connectivity index (χ3v) is 3.69. The van der Waals surface area contributed by atoms with E-state index in [9.17, 15) is 4.79 Å². The first kappa shape index (κ1) is 14.6. The lowest BCUT2D eigenvalue weighted by atomic mass is 10.1. The van der Waals surface area contributed by atoms with Crippen molar-refractivity contribution in [2.24, 2.45) is 5.10 Å². The standard InChI is InChI=1S/C17H15ClN2O2/c1-11-7-13(18)9-14(8-11)20-17(21)10-16(19-20)12-3-5-15(22-2)6-4-12/h3-9H,10H2,1-2H3. The maximum absolute atomic E-state index is 12.2. The summed E-state index contributed by atoms with van der Waals surface area (Å²) in [5.41, 5.74) is 3.34. The van der Waals surface area contributed by atoms with Crippen molar-refractivity contribution in [1.29, 1.82) is 0 Å². The van der Waals surface area contributed by atoms with E-state index in [1.54, 1.807) is 13.2 Å². The Kier molecular flexibility index (Phi) is 3.86. The van der Waals surface area contributed by atoms with Gasteiger partial charge >= 0.3 is 0 Å². The number of halogens is 1. The SMILES string of the molecule is COc1ccc(C2=NN(c3cc(C)cc(Cl)c3)C(=O)C2)cc1. The van der Waals surface area contributed by atoms with Crippen LogP contribution in [0, 0.1) is 6.92 Å². The number of ether oxygens (including phenoxy) is 1.